The minimum atomic E-state index is 0.273. The normalized spacial score (nSPS) is 31.0. The Balaban J connectivity index is 1.76. The van der Waals surface area contributed by atoms with Gasteiger partial charge in [-0.3, -0.25) is 4.79 Å². The number of likely N-dealkylation sites (tertiary alicyclic amines) is 1. The molecule has 1 unspecified atom stereocenters. The minimum Gasteiger partial charge on any atom is -0.338 e. The number of carbonyl (C=O) groups excluding carboxylic acids is 1. The Hall–Kier alpha value is -0.570. The standard InChI is InChI=1S/C13H16BrNO/c1-13(4-5-13)8-15-7-9-6-10(14)2-3-11(9)12(15)16/h2-3,9H,4-8H2,1H3. The number of hydrogen-bond acceptors (Lipinski definition) is 1. The van der Waals surface area contributed by atoms with Crippen molar-refractivity contribution in [2.75, 3.05) is 13.1 Å². The molecule has 2 aliphatic carbocycles. The van der Waals surface area contributed by atoms with Crippen molar-refractivity contribution >= 4 is 21.8 Å². The van der Waals surface area contributed by atoms with Crippen molar-refractivity contribution in [1.29, 1.82) is 0 Å². The average Bonchev–Trinajstić information content (AvgIpc) is 2.87. The van der Waals surface area contributed by atoms with E-state index in [0.717, 1.165) is 25.1 Å². The van der Waals surface area contributed by atoms with Gasteiger partial charge in [0.25, 0.3) is 0 Å². The summed E-state index contributed by atoms with van der Waals surface area (Å²) in [4.78, 5) is 14.2. The van der Waals surface area contributed by atoms with E-state index in [4.69, 9.17) is 0 Å². The van der Waals surface area contributed by atoms with Gasteiger partial charge in [0.2, 0.25) is 5.91 Å². The fourth-order valence-corrected chi connectivity index (χ4v) is 3.16. The minimum absolute atomic E-state index is 0.273. The summed E-state index contributed by atoms with van der Waals surface area (Å²) < 4.78 is 1.22. The van der Waals surface area contributed by atoms with Gasteiger partial charge in [-0.2, -0.15) is 0 Å². The lowest BCUT2D eigenvalue weighted by Gasteiger charge is -2.20. The number of amides is 1. The van der Waals surface area contributed by atoms with Crippen LogP contribution in [0.5, 0.6) is 0 Å². The largest absolute Gasteiger partial charge is 0.338 e. The van der Waals surface area contributed by atoms with Crippen molar-refractivity contribution in [3.05, 3.63) is 22.2 Å². The fourth-order valence-electron chi connectivity index (χ4n) is 2.64. The maximum atomic E-state index is 12.2. The first-order chi connectivity index (χ1) is 7.57. The van der Waals surface area contributed by atoms with Crippen LogP contribution in [0.25, 0.3) is 0 Å². The van der Waals surface area contributed by atoms with Crippen LogP contribution in [0.2, 0.25) is 0 Å². The lowest BCUT2D eigenvalue weighted by atomic mass is 9.94. The molecule has 2 nitrogen and oxygen atoms in total. The number of nitrogens with zero attached hydrogens (tertiary/aromatic N) is 1. The van der Waals surface area contributed by atoms with Crippen LogP contribution in [0.15, 0.2) is 22.2 Å². The van der Waals surface area contributed by atoms with E-state index in [1.807, 2.05) is 12.2 Å². The quantitative estimate of drug-likeness (QED) is 0.762. The third-order valence-electron chi connectivity index (χ3n) is 3.98. The number of fused-ring (bicyclic) bond motifs is 1. The van der Waals surface area contributed by atoms with E-state index < -0.39 is 0 Å². The Morgan fingerprint density at radius 2 is 2.25 bits per heavy atom. The van der Waals surface area contributed by atoms with Gasteiger partial charge in [0.05, 0.1) is 0 Å². The van der Waals surface area contributed by atoms with Crippen LogP contribution in [0.1, 0.15) is 26.2 Å². The lowest BCUT2D eigenvalue weighted by molar-refractivity contribution is -0.125. The highest BCUT2D eigenvalue weighted by Gasteiger charge is 2.44. The zero-order valence-electron chi connectivity index (χ0n) is 9.50. The van der Waals surface area contributed by atoms with Crippen molar-refractivity contribution in [1.82, 2.24) is 4.90 Å². The molecule has 86 valence electrons. The van der Waals surface area contributed by atoms with Crippen LogP contribution in [0.3, 0.4) is 0 Å². The van der Waals surface area contributed by atoms with Gasteiger partial charge < -0.3 is 4.90 Å². The topological polar surface area (TPSA) is 20.3 Å². The molecular weight excluding hydrogens is 266 g/mol. The van der Waals surface area contributed by atoms with Gasteiger partial charge in [0.15, 0.2) is 0 Å². The summed E-state index contributed by atoms with van der Waals surface area (Å²) in [6.45, 7) is 4.16. The summed E-state index contributed by atoms with van der Waals surface area (Å²) in [6.07, 6.45) is 7.57. The van der Waals surface area contributed by atoms with E-state index in [-0.39, 0.29) is 5.91 Å². The van der Waals surface area contributed by atoms with Crippen molar-refractivity contribution in [3.8, 4) is 0 Å². The van der Waals surface area contributed by atoms with Crippen molar-refractivity contribution in [2.45, 2.75) is 26.2 Å². The van der Waals surface area contributed by atoms with E-state index in [2.05, 4.69) is 27.8 Å². The van der Waals surface area contributed by atoms with Gasteiger partial charge in [-0.05, 0) is 29.2 Å². The highest BCUT2D eigenvalue weighted by molar-refractivity contribution is 9.11. The molecular formula is C13H16BrNO. The molecule has 16 heavy (non-hydrogen) atoms. The fraction of sp³-hybridized carbons (Fsp3) is 0.615. The molecule has 3 rings (SSSR count). The van der Waals surface area contributed by atoms with Crippen LogP contribution in [0, 0.1) is 11.3 Å². The first-order valence-electron chi connectivity index (χ1n) is 5.93. The van der Waals surface area contributed by atoms with Gasteiger partial charge in [0.1, 0.15) is 0 Å². The SMILES string of the molecule is CC1(CN2CC3CC(Br)=CC=C3C2=O)CC1. The van der Waals surface area contributed by atoms with E-state index in [9.17, 15) is 4.79 Å². The molecule has 1 amide bonds. The molecule has 3 heteroatoms. The number of carbonyl (C=O) groups is 1. The Labute approximate surface area is 105 Å². The van der Waals surface area contributed by atoms with Gasteiger partial charge in [-0.15, -0.1) is 0 Å². The Morgan fingerprint density at radius 3 is 2.94 bits per heavy atom. The Kier molecular flexibility index (Phi) is 2.29. The molecule has 1 saturated carbocycles. The molecule has 0 spiro atoms. The highest BCUT2D eigenvalue weighted by atomic mass is 79.9. The number of hydrogen-bond donors (Lipinski definition) is 0. The summed E-state index contributed by atoms with van der Waals surface area (Å²) in [5.74, 6) is 0.698. The molecule has 1 heterocycles. The summed E-state index contributed by atoms with van der Waals surface area (Å²) in [7, 11) is 0. The maximum absolute atomic E-state index is 12.2. The Bertz CT molecular complexity index is 406. The molecule has 1 aliphatic heterocycles. The van der Waals surface area contributed by atoms with Gasteiger partial charge >= 0.3 is 0 Å². The molecule has 0 radical (unpaired) electrons. The molecule has 0 aromatic rings. The smallest absolute Gasteiger partial charge is 0.250 e. The van der Waals surface area contributed by atoms with Crippen LogP contribution < -0.4 is 0 Å². The number of allylic oxidation sites excluding steroid dienone is 3. The zero-order valence-corrected chi connectivity index (χ0v) is 11.1. The highest BCUT2D eigenvalue weighted by Crippen LogP contribution is 2.47. The Morgan fingerprint density at radius 1 is 1.50 bits per heavy atom. The molecule has 3 aliphatic rings. The van der Waals surface area contributed by atoms with Crippen LogP contribution in [-0.2, 0) is 4.79 Å². The zero-order chi connectivity index (χ0) is 11.3. The van der Waals surface area contributed by atoms with Gasteiger partial charge in [-0.25, -0.2) is 0 Å². The molecule has 0 N–H and O–H groups in total. The number of halogens is 1. The molecule has 0 aromatic heterocycles. The van der Waals surface area contributed by atoms with E-state index in [1.54, 1.807) is 0 Å². The summed E-state index contributed by atoms with van der Waals surface area (Å²) >= 11 is 3.53. The second-order valence-corrected chi connectivity index (χ2v) is 6.65. The van der Waals surface area contributed by atoms with Crippen LogP contribution in [0.4, 0.5) is 0 Å². The predicted molar refractivity (Wildman–Crippen MR) is 67.1 cm³/mol. The molecule has 0 bridgehead atoms. The summed E-state index contributed by atoms with van der Waals surface area (Å²) in [5.41, 5.74) is 1.45. The van der Waals surface area contributed by atoms with E-state index >= 15 is 0 Å². The van der Waals surface area contributed by atoms with Crippen molar-refractivity contribution < 1.29 is 4.79 Å². The van der Waals surface area contributed by atoms with Crippen LogP contribution in [-0.4, -0.2) is 23.9 Å². The summed E-state index contributed by atoms with van der Waals surface area (Å²) in [5, 5.41) is 0. The molecule has 2 fully saturated rings. The van der Waals surface area contributed by atoms with Crippen molar-refractivity contribution in [2.24, 2.45) is 11.3 Å². The van der Waals surface area contributed by atoms with Crippen molar-refractivity contribution in [3.63, 3.8) is 0 Å². The average molecular weight is 282 g/mol. The maximum Gasteiger partial charge on any atom is 0.250 e. The van der Waals surface area contributed by atoms with Gasteiger partial charge in [-0.1, -0.05) is 35.0 Å². The van der Waals surface area contributed by atoms with Gasteiger partial charge in [0, 0.05) is 24.6 Å². The van der Waals surface area contributed by atoms with E-state index in [1.165, 1.54) is 17.3 Å². The second-order valence-electron chi connectivity index (χ2n) is 5.63. The second kappa shape index (κ2) is 3.46. The third-order valence-corrected chi connectivity index (χ3v) is 4.56. The molecule has 1 saturated heterocycles. The summed E-state index contributed by atoms with van der Waals surface area (Å²) in [6, 6.07) is 0. The van der Waals surface area contributed by atoms with Crippen LogP contribution >= 0.6 is 15.9 Å². The third kappa shape index (κ3) is 1.75. The first kappa shape index (κ1) is 10.6. The number of rotatable bonds is 2. The molecule has 1 atom stereocenters. The predicted octanol–water partition coefficient (Wildman–Crippen LogP) is 2.85. The first-order valence-corrected chi connectivity index (χ1v) is 6.72. The monoisotopic (exact) mass is 281 g/mol. The lowest BCUT2D eigenvalue weighted by Crippen LogP contribution is -2.31. The van der Waals surface area contributed by atoms with E-state index in [0.29, 0.717) is 11.3 Å². The molecule has 0 aromatic carbocycles.